The van der Waals surface area contributed by atoms with Crippen molar-refractivity contribution < 1.29 is 18.7 Å². The molecule has 2 aromatic carbocycles. The molecule has 3 aromatic rings. The number of pyridine rings is 1. The van der Waals surface area contributed by atoms with E-state index >= 15 is 0 Å². The lowest BCUT2D eigenvalue weighted by atomic mass is 9.85. The first-order chi connectivity index (χ1) is 18.0. The molecule has 1 aromatic heterocycles. The molecule has 2 aliphatic rings. The molecular formula is C31H34ClFN2O3. The Bertz CT molecular complexity index is 1340. The SMILES string of the molecule is CC(C(=O)N(C(=O)OC(C)(C)C)c1ccc(Cl)cc1)[C@H]1C[C@H]2C[C@@H](c3ccnc4ccc(F)cc34)C[C@H]2C1. The minimum Gasteiger partial charge on any atom is -0.443 e. The van der Waals surface area contributed by atoms with Crippen LogP contribution >= 0.6 is 11.6 Å². The smallest absolute Gasteiger partial charge is 0.421 e. The third-order valence-corrected chi connectivity index (χ3v) is 8.46. The molecule has 200 valence electrons. The molecule has 5 nitrogen and oxygen atoms in total. The molecule has 2 aliphatic carbocycles. The van der Waals surface area contributed by atoms with Gasteiger partial charge in [-0.3, -0.25) is 9.78 Å². The fourth-order valence-corrected chi connectivity index (χ4v) is 6.57. The van der Waals surface area contributed by atoms with Gasteiger partial charge in [0.25, 0.3) is 0 Å². The highest BCUT2D eigenvalue weighted by atomic mass is 35.5. The Balaban J connectivity index is 1.31. The highest BCUT2D eigenvalue weighted by Crippen LogP contribution is 2.54. The highest BCUT2D eigenvalue weighted by Gasteiger charge is 2.46. The average Bonchev–Trinajstić information content (AvgIpc) is 3.43. The van der Waals surface area contributed by atoms with Crippen LogP contribution in [0.4, 0.5) is 14.9 Å². The Hall–Kier alpha value is -2.99. The first-order valence-corrected chi connectivity index (χ1v) is 13.7. The molecule has 0 N–H and O–H groups in total. The van der Waals surface area contributed by atoms with E-state index in [0.717, 1.165) is 36.6 Å². The minimum absolute atomic E-state index is 0.183. The fourth-order valence-electron chi connectivity index (χ4n) is 6.45. The summed E-state index contributed by atoms with van der Waals surface area (Å²) in [6.45, 7) is 7.29. The van der Waals surface area contributed by atoms with Gasteiger partial charge in [0.15, 0.2) is 0 Å². The van der Waals surface area contributed by atoms with E-state index in [1.165, 1.54) is 16.5 Å². The van der Waals surface area contributed by atoms with Crippen LogP contribution < -0.4 is 4.90 Å². The molecule has 2 amide bonds. The van der Waals surface area contributed by atoms with Gasteiger partial charge in [0.2, 0.25) is 5.91 Å². The van der Waals surface area contributed by atoms with Gasteiger partial charge in [0.1, 0.15) is 11.4 Å². The average molecular weight is 537 g/mol. The summed E-state index contributed by atoms with van der Waals surface area (Å²) in [6, 6.07) is 13.5. The number of carbonyl (C=O) groups excluding carboxylic acids is 2. The van der Waals surface area contributed by atoms with E-state index in [1.807, 2.05) is 19.2 Å². The van der Waals surface area contributed by atoms with Gasteiger partial charge in [0, 0.05) is 22.5 Å². The second-order valence-corrected chi connectivity index (χ2v) is 12.3. The second kappa shape index (κ2) is 10.3. The predicted molar refractivity (Wildman–Crippen MR) is 148 cm³/mol. The molecule has 0 bridgehead atoms. The zero-order valence-corrected chi connectivity index (χ0v) is 23.0. The van der Waals surface area contributed by atoms with E-state index in [-0.39, 0.29) is 23.6 Å². The second-order valence-electron chi connectivity index (χ2n) is 11.9. The number of hydrogen-bond donors (Lipinski definition) is 0. The Morgan fingerprint density at radius 2 is 1.68 bits per heavy atom. The maximum Gasteiger partial charge on any atom is 0.421 e. The van der Waals surface area contributed by atoms with E-state index in [9.17, 15) is 14.0 Å². The number of benzene rings is 2. The molecule has 0 radical (unpaired) electrons. The summed E-state index contributed by atoms with van der Waals surface area (Å²) in [5, 5.41) is 1.43. The molecule has 1 unspecified atom stereocenters. The van der Waals surface area contributed by atoms with Crippen LogP contribution in [0.3, 0.4) is 0 Å². The normalized spacial score (nSPS) is 23.7. The largest absolute Gasteiger partial charge is 0.443 e. The maximum atomic E-state index is 14.0. The fraction of sp³-hybridized carbons (Fsp3) is 0.452. The molecule has 38 heavy (non-hydrogen) atoms. The summed E-state index contributed by atoms with van der Waals surface area (Å²) in [5.74, 6) is 0.716. The van der Waals surface area contributed by atoms with E-state index in [0.29, 0.717) is 28.5 Å². The van der Waals surface area contributed by atoms with Gasteiger partial charge in [-0.15, -0.1) is 0 Å². The lowest BCUT2D eigenvalue weighted by molar-refractivity contribution is -0.123. The minimum atomic E-state index is -0.731. The monoisotopic (exact) mass is 536 g/mol. The van der Waals surface area contributed by atoms with Crippen LogP contribution in [-0.2, 0) is 9.53 Å². The zero-order valence-electron chi connectivity index (χ0n) is 22.3. The Kier molecular flexibility index (Phi) is 7.21. The third-order valence-electron chi connectivity index (χ3n) is 8.21. The van der Waals surface area contributed by atoms with Gasteiger partial charge in [0.05, 0.1) is 11.2 Å². The first kappa shape index (κ1) is 26.6. The number of rotatable bonds is 4. The Morgan fingerprint density at radius 3 is 2.32 bits per heavy atom. The van der Waals surface area contributed by atoms with Crippen molar-refractivity contribution in [3.8, 4) is 0 Å². The van der Waals surface area contributed by atoms with Crippen molar-refractivity contribution in [2.45, 2.75) is 64.9 Å². The molecular weight excluding hydrogens is 503 g/mol. The molecule has 5 rings (SSSR count). The van der Waals surface area contributed by atoms with Crippen molar-refractivity contribution in [1.82, 2.24) is 4.98 Å². The lowest BCUT2D eigenvalue weighted by Gasteiger charge is -2.30. The number of amides is 2. The van der Waals surface area contributed by atoms with Gasteiger partial charge in [-0.1, -0.05) is 18.5 Å². The number of aromatic nitrogens is 1. The zero-order chi connectivity index (χ0) is 27.2. The Morgan fingerprint density at radius 1 is 1.03 bits per heavy atom. The molecule has 2 saturated carbocycles. The first-order valence-electron chi connectivity index (χ1n) is 13.4. The number of hydrogen-bond acceptors (Lipinski definition) is 4. The van der Waals surface area contributed by atoms with Crippen LogP contribution in [0.2, 0.25) is 5.02 Å². The van der Waals surface area contributed by atoms with Crippen molar-refractivity contribution in [2.75, 3.05) is 4.90 Å². The number of nitrogens with zero attached hydrogens (tertiary/aromatic N) is 2. The number of ether oxygens (including phenoxy) is 1. The quantitative estimate of drug-likeness (QED) is 0.337. The molecule has 1 heterocycles. The number of halogens is 2. The predicted octanol–water partition coefficient (Wildman–Crippen LogP) is 8.15. The summed E-state index contributed by atoms with van der Waals surface area (Å²) in [7, 11) is 0. The Labute approximate surface area is 228 Å². The van der Waals surface area contributed by atoms with Gasteiger partial charge in [-0.25, -0.2) is 14.1 Å². The molecule has 5 atom stereocenters. The van der Waals surface area contributed by atoms with E-state index in [1.54, 1.807) is 57.2 Å². The summed E-state index contributed by atoms with van der Waals surface area (Å²) in [4.78, 5) is 32.5. The van der Waals surface area contributed by atoms with Crippen LogP contribution in [0.1, 0.15) is 64.9 Å². The molecule has 7 heteroatoms. The van der Waals surface area contributed by atoms with Crippen LogP contribution in [-0.4, -0.2) is 22.6 Å². The standard InChI is InChI=1S/C31H34ClFN2O3/c1-18(29(36)35(30(37)38-31(2,3)4)25-8-5-23(32)6-9-25)19-13-20-15-22(16-21(20)14-19)26-11-12-34-28-10-7-24(33)17-27(26)28/h5-12,17-22H,13-16H2,1-4H3/t18?,19-,20-,21+,22+. The van der Waals surface area contributed by atoms with E-state index in [4.69, 9.17) is 16.3 Å². The van der Waals surface area contributed by atoms with E-state index in [2.05, 4.69) is 4.98 Å². The molecule has 0 spiro atoms. The van der Waals surface area contributed by atoms with Gasteiger partial charge < -0.3 is 4.74 Å². The van der Waals surface area contributed by atoms with Crippen LogP contribution in [0.25, 0.3) is 10.9 Å². The van der Waals surface area contributed by atoms with Crippen LogP contribution in [0.15, 0.2) is 54.7 Å². The van der Waals surface area contributed by atoms with Gasteiger partial charge in [-0.2, -0.15) is 0 Å². The number of fused-ring (bicyclic) bond motifs is 2. The summed E-state index contributed by atoms with van der Waals surface area (Å²) in [5.41, 5.74) is 1.71. The number of imide groups is 1. The van der Waals surface area contributed by atoms with Crippen LogP contribution in [0.5, 0.6) is 0 Å². The molecule has 0 aliphatic heterocycles. The number of anilines is 1. The van der Waals surface area contributed by atoms with Crippen molar-refractivity contribution in [3.63, 3.8) is 0 Å². The van der Waals surface area contributed by atoms with Crippen molar-refractivity contribution in [3.05, 3.63) is 71.1 Å². The van der Waals surface area contributed by atoms with Crippen molar-refractivity contribution in [1.29, 1.82) is 0 Å². The van der Waals surface area contributed by atoms with Crippen molar-refractivity contribution >= 4 is 40.2 Å². The molecule has 0 saturated heterocycles. The van der Waals surface area contributed by atoms with E-state index < -0.39 is 11.7 Å². The topological polar surface area (TPSA) is 59.5 Å². The van der Waals surface area contributed by atoms with Crippen LogP contribution in [0, 0.1) is 29.5 Å². The summed E-state index contributed by atoms with van der Waals surface area (Å²) < 4.78 is 19.6. The summed E-state index contributed by atoms with van der Waals surface area (Å²) in [6.07, 6.45) is 5.05. The lowest BCUT2D eigenvalue weighted by Crippen LogP contribution is -2.44. The summed E-state index contributed by atoms with van der Waals surface area (Å²) >= 11 is 6.06. The number of carbonyl (C=O) groups is 2. The van der Waals surface area contributed by atoms with Gasteiger partial charge >= 0.3 is 6.09 Å². The maximum absolute atomic E-state index is 14.0. The van der Waals surface area contributed by atoms with Crippen molar-refractivity contribution in [2.24, 2.45) is 23.7 Å². The highest BCUT2D eigenvalue weighted by molar-refractivity contribution is 6.30. The molecule has 2 fully saturated rings. The third kappa shape index (κ3) is 5.42. The van der Waals surface area contributed by atoms with Gasteiger partial charge in [-0.05, 0) is 124 Å².